The smallest absolute Gasteiger partial charge is 0.335 e. The van der Waals surface area contributed by atoms with Gasteiger partial charge in [-0.1, -0.05) is 41.9 Å². The van der Waals surface area contributed by atoms with Crippen LogP contribution in [0.25, 0.3) is 0 Å². The summed E-state index contributed by atoms with van der Waals surface area (Å²) in [5.41, 5.74) is -1.91. The Hall–Kier alpha value is -3.13. The van der Waals surface area contributed by atoms with Gasteiger partial charge >= 0.3 is 12.2 Å². The van der Waals surface area contributed by atoms with Gasteiger partial charge < -0.3 is 10.6 Å². The van der Waals surface area contributed by atoms with Crippen LogP contribution in [0.2, 0.25) is 5.02 Å². The molecule has 0 radical (unpaired) electrons. The van der Waals surface area contributed by atoms with Crippen molar-refractivity contribution in [3.8, 4) is 0 Å². The second-order valence-electron chi connectivity index (χ2n) is 8.38. The summed E-state index contributed by atoms with van der Waals surface area (Å²) in [7, 11) is 0. The maximum Gasteiger partial charge on any atom is 0.416 e. The van der Waals surface area contributed by atoms with E-state index in [2.05, 4.69) is 15.6 Å². The Morgan fingerprint density at radius 2 is 1.74 bits per heavy atom. The first-order valence-corrected chi connectivity index (χ1v) is 11.2. The predicted octanol–water partition coefficient (Wildman–Crippen LogP) is 6.23. The van der Waals surface area contributed by atoms with Crippen LogP contribution in [0.5, 0.6) is 0 Å². The molecule has 0 saturated heterocycles. The van der Waals surface area contributed by atoms with Gasteiger partial charge in [-0.05, 0) is 60.7 Å². The summed E-state index contributed by atoms with van der Waals surface area (Å²) in [6.45, 7) is 0. The molecule has 0 aliphatic heterocycles. The lowest BCUT2D eigenvalue weighted by atomic mass is 9.79. The van der Waals surface area contributed by atoms with E-state index in [1.807, 2.05) is 0 Å². The molecule has 178 valence electrons. The van der Waals surface area contributed by atoms with Gasteiger partial charge in [-0.15, -0.1) is 0 Å². The zero-order chi connectivity index (χ0) is 24.3. The fraction of sp³-hybridized carbons (Fsp3) is 0.280. The second kappa shape index (κ2) is 9.62. The van der Waals surface area contributed by atoms with Crippen molar-refractivity contribution < 1.29 is 22.4 Å². The average Bonchev–Trinajstić information content (AvgIpc) is 2.76. The molecule has 1 atom stereocenters. The van der Waals surface area contributed by atoms with E-state index in [-0.39, 0.29) is 23.7 Å². The molecule has 1 saturated carbocycles. The topological polar surface area (TPSA) is 54.0 Å². The maximum absolute atomic E-state index is 14.5. The normalized spacial score (nSPS) is 15.8. The molecule has 1 aliphatic rings. The van der Waals surface area contributed by atoms with Gasteiger partial charge in [0.05, 0.1) is 16.3 Å². The van der Waals surface area contributed by atoms with E-state index in [0.29, 0.717) is 16.7 Å². The first-order valence-electron chi connectivity index (χ1n) is 10.8. The Kier molecular flexibility index (Phi) is 6.79. The number of rotatable bonds is 6. The van der Waals surface area contributed by atoms with Crippen LogP contribution in [-0.2, 0) is 18.1 Å². The summed E-state index contributed by atoms with van der Waals surface area (Å²) in [6, 6.07) is 13.6. The molecule has 2 N–H and O–H groups in total. The monoisotopic (exact) mass is 491 g/mol. The van der Waals surface area contributed by atoms with Gasteiger partial charge in [0.15, 0.2) is 0 Å². The van der Waals surface area contributed by atoms with Crippen LogP contribution < -0.4 is 10.6 Å². The largest absolute Gasteiger partial charge is 0.416 e. The van der Waals surface area contributed by atoms with E-state index in [4.69, 9.17) is 11.6 Å². The fourth-order valence-corrected chi connectivity index (χ4v) is 4.13. The Morgan fingerprint density at radius 1 is 1.03 bits per heavy atom. The molecule has 34 heavy (non-hydrogen) atoms. The molecule has 2 aromatic carbocycles. The second-order valence-corrected chi connectivity index (χ2v) is 8.82. The molecule has 0 bridgehead atoms. The number of urea groups is 1. The molecule has 9 heteroatoms. The number of hydrogen-bond acceptors (Lipinski definition) is 2. The number of amides is 2. The lowest BCUT2D eigenvalue weighted by Gasteiger charge is -2.37. The predicted molar refractivity (Wildman–Crippen MR) is 121 cm³/mol. The van der Waals surface area contributed by atoms with Crippen LogP contribution in [0.4, 0.5) is 22.4 Å². The summed E-state index contributed by atoms with van der Waals surface area (Å²) in [5.74, 6) is -1.07. The van der Waals surface area contributed by atoms with Gasteiger partial charge in [0.2, 0.25) is 0 Å². The van der Waals surface area contributed by atoms with Crippen molar-refractivity contribution in [3.05, 3.63) is 100 Å². The van der Waals surface area contributed by atoms with E-state index in [9.17, 15) is 22.4 Å². The number of benzene rings is 2. The van der Waals surface area contributed by atoms with Crippen molar-refractivity contribution >= 4 is 17.6 Å². The van der Waals surface area contributed by atoms with Crippen molar-refractivity contribution in [1.82, 2.24) is 15.6 Å². The van der Waals surface area contributed by atoms with Crippen LogP contribution >= 0.6 is 11.6 Å². The maximum atomic E-state index is 14.5. The summed E-state index contributed by atoms with van der Waals surface area (Å²) >= 11 is 6.01. The van der Waals surface area contributed by atoms with E-state index < -0.39 is 29.1 Å². The van der Waals surface area contributed by atoms with E-state index in [1.165, 1.54) is 18.3 Å². The highest BCUT2D eigenvalue weighted by atomic mass is 35.5. The zero-order valence-corrected chi connectivity index (χ0v) is 18.8. The Morgan fingerprint density at radius 3 is 2.32 bits per heavy atom. The molecule has 1 unspecified atom stereocenters. The van der Waals surface area contributed by atoms with Crippen molar-refractivity contribution in [2.24, 2.45) is 0 Å². The van der Waals surface area contributed by atoms with Crippen LogP contribution in [0.3, 0.4) is 0 Å². The highest BCUT2D eigenvalue weighted by Crippen LogP contribution is 2.38. The minimum absolute atomic E-state index is 0.0224. The quantitative estimate of drug-likeness (QED) is 0.401. The van der Waals surface area contributed by atoms with E-state index in [0.717, 1.165) is 31.4 Å². The third kappa shape index (κ3) is 5.33. The minimum atomic E-state index is -4.78. The molecule has 3 aromatic rings. The SMILES string of the molecule is O=C(NC1CCC1)NC(Cc1ccccc1)(c1cc(F)cc(C(F)(F)F)c1)c1ccc(Cl)cn1. The van der Waals surface area contributed by atoms with Gasteiger partial charge in [0, 0.05) is 18.7 Å². The number of carbonyl (C=O) groups is 1. The van der Waals surface area contributed by atoms with Crippen molar-refractivity contribution in [1.29, 1.82) is 0 Å². The Balaban J connectivity index is 1.90. The van der Waals surface area contributed by atoms with Crippen molar-refractivity contribution in [2.75, 3.05) is 0 Å². The van der Waals surface area contributed by atoms with Crippen molar-refractivity contribution in [3.63, 3.8) is 0 Å². The van der Waals surface area contributed by atoms with Crippen LogP contribution in [0.15, 0.2) is 66.9 Å². The van der Waals surface area contributed by atoms with Crippen LogP contribution in [0, 0.1) is 5.82 Å². The van der Waals surface area contributed by atoms with Gasteiger partial charge in [0.1, 0.15) is 11.4 Å². The third-order valence-corrected chi connectivity index (χ3v) is 6.19. The van der Waals surface area contributed by atoms with Gasteiger partial charge in [-0.3, -0.25) is 4.98 Å². The molecule has 1 fully saturated rings. The average molecular weight is 492 g/mol. The summed E-state index contributed by atoms with van der Waals surface area (Å²) in [4.78, 5) is 17.4. The number of halogens is 5. The zero-order valence-electron chi connectivity index (χ0n) is 18.0. The molecule has 1 aromatic heterocycles. The standard InChI is InChI=1S/C25H22ClF4N3O/c26-19-9-10-22(31-15-19)24(14-16-5-2-1-3-6-16,33-23(34)32-21-7-4-8-21)17-11-18(25(28,29)30)13-20(27)12-17/h1-3,5-6,9-13,15,21H,4,7-8,14H2,(H2,32,33,34). The molecule has 4 nitrogen and oxygen atoms in total. The highest BCUT2D eigenvalue weighted by Gasteiger charge is 2.41. The first kappa shape index (κ1) is 24.0. The van der Waals surface area contributed by atoms with Crippen LogP contribution in [0.1, 0.15) is 41.6 Å². The minimum Gasteiger partial charge on any atom is -0.335 e. The van der Waals surface area contributed by atoms with Gasteiger partial charge in [0.25, 0.3) is 0 Å². The lowest BCUT2D eigenvalue weighted by Crippen LogP contribution is -2.55. The van der Waals surface area contributed by atoms with Crippen molar-refractivity contribution in [2.45, 2.75) is 43.4 Å². The molecular weight excluding hydrogens is 470 g/mol. The van der Waals surface area contributed by atoms with E-state index >= 15 is 0 Å². The Bertz CT molecular complexity index is 1150. The molecule has 1 heterocycles. The number of aromatic nitrogens is 1. The molecular formula is C25H22ClF4N3O. The molecule has 2 amide bonds. The van der Waals surface area contributed by atoms with Crippen LogP contribution in [-0.4, -0.2) is 17.1 Å². The number of pyridine rings is 1. The number of nitrogens with one attached hydrogen (secondary N) is 2. The fourth-order valence-electron chi connectivity index (χ4n) is 4.02. The number of carbonyl (C=O) groups excluding carboxylic acids is 1. The van der Waals surface area contributed by atoms with Gasteiger partial charge in [-0.2, -0.15) is 13.2 Å². The summed E-state index contributed by atoms with van der Waals surface area (Å²) in [6.07, 6.45) is -0.797. The van der Waals surface area contributed by atoms with E-state index in [1.54, 1.807) is 30.3 Å². The third-order valence-electron chi connectivity index (χ3n) is 5.96. The highest BCUT2D eigenvalue weighted by molar-refractivity contribution is 6.30. The summed E-state index contributed by atoms with van der Waals surface area (Å²) < 4.78 is 55.4. The number of alkyl halides is 3. The number of nitrogens with zero attached hydrogens (tertiary/aromatic N) is 1. The molecule has 1 aliphatic carbocycles. The van der Waals surface area contributed by atoms with Gasteiger partial charge in [-0.25, -0.2) is 9.18 Å². The number of hydrogen-bond donors (Lipinski definition) is 2. The first-order chi connectivity index (χ1) is 16.2. The summed E-state index contributed by atoms with van der Waals surface area (Å²) in [5, 5.41) is 6.01. The molecule has 4 rings (SSSR count). The Labute approximate surface area is 199 Å². The molecule has 0 spiro atoms. The lowest BCUT2D eigenvalue weighted by molar-refractivity contribution is -0.137.